The van der Waals surface area contributed by atoms with E-state index in [0.29, 0.717) is 17.2 Å². The van der Waals surface area contributed by atoms with Crippen molar-refractivity contribution in [2.24, 2.45) is 5.92 Å². The quantitative estimate of drug-likeness (QED) is 0.747. The summed E-state index contributed by atoms with van der Waals surface area (Å²) in [5.41, 5.74) is 0. The van der Waals surface area contributed by atoms with Crippen molar-refractivity contribution in [3.05, 3.63) is 0 Å². The molecule has 0 heterocycles. The highest BCUT2D eigenvalue weighted by Crippen LogP contribution is 2.25. The Morgan fingerprint density at radius 3 is 2.75 bits per heavy atom. The van der Waals surface area contributed by atoms with Gasteiger partial charge in [-0.15, -0.1) is 0 Å². The summed E-state index contributed by atoms with van der Waals surface area (Å²) in [5.74, 6) is 1.50. The minimum atomic E-state index is -0.621. The van der Waals surface area contributed by atoms with Gasteiger partial charge >= 0.3 is 0 Å². The summed E-state index contributed by atoms with van der Waals surface area (Å²) in [7, 11) is -0.621. The average molecular weight is 245 g/mol. The predicted octanol–water partition coefficient (Wildman–Crippen LogP) is 2.70. The SMILES string of the molecule is CCCNC1CCCC1S(=O)CC(C)CC. The second-order valence-corrected chi connectivity index (χ2v) is 6.79. The fourth-order valence-corrected chi connectivity index (χ4v) is 4.40. The average Bonchev–Trinajstić information content (AvgIpc) is 2.74. The molecule has 1 N–H and O–H groups in total. The van der Waals surface area contributed by atoms with E-state index in [-0.39, 0.29) is 0 Å². The van der Waals surface area contributed by atoms with Crippen LogP contribution in [0.4, 0.5) is 0 Å². The molecule has 0 aromatic carbocycles. The van der Waals surface area contributed by atoms with Crippen molar-refractivity contribution in [3.63, 3.8) is 0 Å². The first-order chi connectivity index (χ1) is 7.69. The lowest BCUT2D eigenvalue weighted by atomic mass is 10.2. The summed E-state index contributed by atoms with van der Waals surface area (Å²) < 4.78 is 12.3. The molecule has 0 saturated heterocycles. The molecule has 2 nitrogen and oxygen atoms in total. The molecule has 0 radical (unpaired) electrons. The van der Waals surface area contributed by atoms with Crippen molar-refractivity contribution in [1.82, 2.24) is 5.32 Å². The van der Waals surface area contributed by atoms with Crippen LogP contribution in [-0.2, 0) is 10.8 Å². The second kappa shape index (κ2) is 7.44. The highest BCUT2D eigenvalue weighted by molar-refractivity contribution is 7.85. The molecular formula is C13H27NOS. The Morgan fingerprint density at radius 2 is 2.12 bits per heavy atom. The second-order valence-electron chi connectivity index (χ2n) is 5.09. The van der Waals surface area contributed by atoms with Crippen LogP contribution >= 0.6 is 0 Å². The smallest absolute Gasteiger partial charge is 0.0501 e. The zero-order chi connectivity index (χ0) is 12.0. The molecule has 4 atom stereocenters. The van der Waals surface area contributed by atoms with Gasteiger partial charge in [0.1, 0.15) is 0 Å². The molecule has 1 saturated carbocycles. The van der Waals surface area contributed by atoms with E-state index in [1.54, 1.807) is 0 Å². The number of hydrogen-bond donors (Lipinski definition) is 1. The highest BCUT2D eigenvalue weighted by atomic mass is 32.2. The van der Waals surface area contributed by atoms with E-state index in [9.17, 15) is 4.21 Å². The first-order valence-electron chi connectivity index (χ1n) is 6.79. The third-order valence-corrected chi connectivity index (χ3v) is 5.73. The third-order valence-electron chi connectivity index (χ3n) is 3.59. The van der Waals surface area contributed by atoms with Gasteiger partial charge in [0, 0.05) is 22.6 Å². The van der Waals surface area contributed by atoms with E-state index in [0.717, 1.165) is 25.1 Å². The lowest BCUT2D eigenvalue weighted by Crippen LogP contribution is -2.39. The maximum absolute atomic E-state index is 12.3. The molecule has 96 valence electrons. The molecule has 3 heteroatoms. The fraction of sp³-hybridized carbons (Fsp3) is 1.00. The minimum Gasteiger partial charge on any atom is -0.313 e. The van der Waals surface area contributed by atoms with Gasteiger partial charge in [0.05, 0.1) is 5.25 Å². The van der Waals surface area contributed by atoms with Crippen LogP contribution in [-0.4, -0.2) is 27.8 Å². The summed E-state index contributed by atoms with van der Waals surface area (Å²) in [6.07, 6.45) is 5.94. The Balaban J connectivity index is 2.41. The van der Waals surface area contributed by atoms with E-state index in [1.165, 1.54) is 19.3 Å². The molecule has 0 aromatic heterocycles. The molecule has 1 fully saturated rings. The Labute approximate surface area is 103 Å². The summed E-state index contributed by atoms with van der Waals surface area (Å²) in [5, 5.41) is 3.98. The van der Waals surface area contributed by atoms with Crippen molar-refractivity contribution in [3.8, 4) is 0 Å². The van der Waals surface area contributed by atoms with Crippen LogP contribution < -0.4 is 5.32 Å². The summed E-state index contributed by atoms with van der Waals surface area (Å²) in [6, 6.07) is 0.518. The van der Waals surface area contributed by atoms with Crippen LogP contribution in [0, 0.1) is 5.92 Å². The Morgan fingerprint density at radius 1 is 1.38 bits per heavy atom. The molecule has 1 aliphatic carbocycles. The van der Waals surface area contributed by atoms with Gasteiger partial charge < -0.3 is 5.32 Å². The molecule has 1 aliphatic rings. The summed E-state index contributed by atoms with van der Waals surface area (Å²) >= 11 is 0. The summed E-state index contributed by atoms with van der Waals surface area (Å²) in [6.45, 7) is 7.65. The van der Waals surface area contributed by atoms with Crippen LogP contribution in [0.2, 0.25) is 0 Å². The lowest BCUT2D eigenvalue weighted by Gasteiger charge is -2.21. The minimum absolute atomic E-state index is 0.417. The van der Waals surface area contributed by atoms with Crippen LogP contribution in [0.3, 0.4) is 0 Å². The maximum atomic E-state index is 12.3. The lowest BCUT2D eigenvalue weighted by molar-refractivity contribution is 0.519. The van der Waals surface area contributed by atoms with Crippen LogP contribution in [0.15, 0.2) is 0 Å². The van der Waals surface area contributed by atoms with Crippen molar-refractivity contribution in [2.75, 3.05) is 12.3 Å². The van der Waals surface area contributed by atoms with Crippen LogP contribution in [0.1, 0.15) is 52.9 Å². The zero-order valence-corrected chi connectivity index (χ0v) is 11.8. The van der Waals surface area contributed by atoms with E-state index in [2.05, 4.69) is 26.1 Å². The van der Waals surface area contributed by atoms with Crippen molar-refractivity contribution < 1.29 is 4.21 Å². The third kappa shape index (κ3) is 4.17. The number of nitrogens with one attached hydrogen (secondary N) is 1. The molecule has 4 unspecified atom stereocenters. The van der Waals surface area contributed by atoms with E-state index in [1.807, 2.05) is 0 Å². The first kappa shape index (κ1) is 14.2. The maximum Gasteiger partial charge on any atom is 0.0501 e. The predicted molar refractivity (Wildman–Crippen MR) is 72.2 cm³/mol. The molecule has 0 amide bonds. The van der Waals surface area contributed by atoms with E-state index in [4.69, 9.17) is 0 Å². The van der Waals surface area contributed by atoms with Gasteiger partial charge in [-0.25, -0.2) is 0 Å². The molecule has 0 aliphatic heterocycles. The van der Waals surface area contributed by atoms with Crippen LogP contribution in [0.5, 0.6) is 0 Å². The normalized spacial score (nSPS) is 29.2. The molecule has 16 heavy (non-hydrogen) atoms. The summed E-state index contributed by atoms with van der Waals surface area (Å²) in [4.78, 5) is 0. The Kier molecular flexibility index (Phi) is 6.59. The van der Waals surface area contributed by atoms with Gasteiger partial charge in [-0.2, -0.15) is 0 Å². The van der Waals surface area contributed by atoms with Gasteiger partial charge in [-0.05, 0) is 31.7 Å². The standard InChI is InChI=1S/C13H27NOS/c1-4-9-14-12-7-6-8-13(12)16(15)10-11(3)5-2/h11-14H,4-10H2,1-3H3. The number of hydrogen-bond acceptors (Lipinski definition) is 2. The molecular weight excluding hydrogens is 218 g/mol. The molecule has 0 spiro atoms. The Hall–Kier alpha value is 0.110. The highest BCUT2D eigenvalue weighted by Gasteiger charge is 2.31. The Bertz CT molecular complexity index is 220. The zero-order valence-electron chi connectivity index (χ0n) is 11.0. The largest absolute Gasteiger partial charge is 0.313 e. The van der Waals surface area contributed by atoms with Crippen LogP contribution in [0.25, 0.3) is 0 Å². The van der Waals surface area contributed by atoms with Crippen molar-refractivity contribution >= 4 is 10.8 Å². The van der Waals surface area contributed by atoms with Gasteiger partial charge in [0.25, 0.3) is 0 Å². The molecule has 0 aromatic rings. The van der Waals surface area contributed by atoms with E-state index < -0.39 is 10.8 Å². The molecule has 0 bridgehead atoms. The van der Waals surface area contributed by atoms with E-state index >= 15 is 0 Å². The number of rotatable bonds is 7. The van der Waals surface area contributed by atoms with Gasteiger partial charge in [-0.3, -0.25) is 4.21 Å². The monoisotopic (exact) mass is 245 g/mol. The topological polar surface area (TPSA) is 29.1 Å². The van der Waals surface area contributed by atoms with Crippen molar-refractivity contribution in [2.45, 2.75) is 64.2 Å². The molecule has 1 rings (SSSR count). The fourth-order valence-electron chi connectivity index (χ4n) is 2.33. The first-order valence-corrected chi connectivity index (χ1v) is 8.17. The van der Waals surface area contributed by atoms with Gasteiger partial charge in [-0.1, -0.05) is 33.6 Å². The van der Waals surface area contributed by atoms with Crippen molar-refractivity contribution in [1.29, 1.82) is 0 Å². The van der Waals surface area contributed by atoms with Gasteiger partial charge in [0.2, 0.25) is 0 Å². The van der Waals surface area contributed by atoms with Gasteiger partial charge in [0.15, 0.2) is 0 Å².